The van der Waals surface area contributed by atoms with Gasteiger partial charge in [-0.15, -0.1) is 0 Å². The molecule has 0 aromatic carbocycles. The Labute approximate surface area is 115 Å². The molecule has 0 radical (unpaired) electrons. The van der Waals surface area contributed by atoms with Gasteiger partial charge in [-0.3, -0.25) is 0 Å². The fraction of sp³-hybridized carbons (Fsp3) is 1.00. The van der Waals surface area contributed by atoms with Crippen LogP contribution in [0.5, 0.6) is 0 Å². The van der Waals surface area contributed by atoms with Crippen LogP contribution in [0.3, 0.4) is 0 Å². The predicted molar refractivity (Wildman–Crippen MR) is 72.9 cm³/mol. The Balaban J connectivity index is 1.31. The summed E-state index contributed by atoms with van der Waals surface area (Å²) < 4.78 is 0. The molecule has 8 aliphatic rings. The SMILES string of the molecule is NCCC1C2C3C4CC(C4)C3C2C2C1C1C3CC3[C@@H]12. The number of nitrogens with two attached hydrogens (primary N) is 1. The van der Waals surface area contributed by atoms with Crippen LogP contribution in [0.1, 0.15) is 25.7 Å². The Morgan fingerprint density at radius 1 is 0.632 bits per heavy atom. The molecule has 19 heavy (non-hydrogen) atoms. The molecule has 2 bridgehead atoms. The molecule has 10 unspecified atom stereocenters. The summed E-state index contributed by atoms with van der Waals surface area (Å²) in [5, 5.41) is 0. The maximum atomic E-state index is 6.00. The summed E-state index contributed by atoms with van der Waals surface area (Å²) in [5.41, 5.74) is 6.00. The van der Waals surface area contributed by atoms with E-state index in [1.165, 1.54) is 77.4 Å². The van der Waals surface area contributed by atoms with Gasteiger partial charge in [0.25, 0.3) is 0 Å². The van der Waals surface area contributed by atoms with Gasteiger partial charge in [-0.1, -0.05) is 0 Å². The Bertz CT molecular complexity index is 466. The lowest BCUT2D eigenvalue weighted by atomic mass is 9.44. The summed E-state index contributed by atoms with van der Waals surface area (Å²) in [6, 6.07) is 0. The van der Waals surface area contributed by atoms with Gasteiger partial charge in [-0.2, -0.15) is 0 Å². The van der Waals surface area contributed by atoms with Gasteiger partial charge >= 0.3 is 0 Å². The minimum Gasteiger partial charge on any atom is -0.330 e. The maximum Gasteiger partial charge on any atom is -0.00744 e. The minimum atomic E-state index is 0.966. The Morgan fingerprint density at radius 3 is 1.95 bits per heavy atom. The highest BCUT2D eigenvalue weighted by Crippen LogP contribution is 2.88. The van der Waals surface area contributed by atoms with E-state index in [-0.39, 0.29) is 0 Å². The molecule has 8 fully saturated rings. The Kier molecular flexibility index (Phi) is 1.38. The average molecular weight is 255 g/mol. The van der Waals surface area contributed by atoms with E-state index in [9.17, 15) is 0 Å². The van der Waals surface area contributed by atoms with Crippen molar-refractivity contribution >= 4 is 0 Å². The van der Waals surface area contributed by atoms with Gasteiger partial charge in [-0.25, -0.2) is 0 Å². The molecule has 102 valence electrons. The zero-order chi connectivity index (χ0) is 12.0. The molecular weight excluding hydrogens is 230 g/mol. The quantitative estimate of drug-likeness (QED) is 0.806. The lowest BCUT2D eigenvalue weighted by molar-refractivity contribution is -0.142. The molecule has 8 saturated carbocycles. The zero-order valence-corrected chi connectivity index (χ0v) is 11.6. The van der Waals surface area contributed by atoms with Crippen LogP contribution >= 0.6 is 0 Å². The summed E-state index contributed by atoms with van der Waals surface area (Å²) in [5.74, 6) is 15.6. The van der Waals surface area contributed by atoms with Gasteiger partial charge in [0.1, 0.15) is 0 Å². The average Bonchev–Trinajstić information content (AvgIpc) is 2.68. The lowest BCUT2D eigenvalue weighted by Crippen LogP contribution is -2.58. The molecular formula is C18H25N. The van der Waals surface area contributed by atoms with Crippen molar-refractivity contribution in [1.82, 2.24) is 0 Å². The van der Waals surface area contributed by atoms with E-state index in [0.717, 1.165) is 12.5 Å². The fourth-order valence-corrected chi connectivity index (χ4v) is 9.48. The van der Waals surface area contributed by atoms with Crippen molar-refractivity contribution in [3.05, 3.63) is 0 Å². The largest absolute Gasteiger partial charge is 0.330 e. The molecule has 0 saturated heterocycles. The molecule has 1 heteroatoms. The van der Waals surface area contributed by atoms with Crippen molar-refractivity contribution in [2.24, 2.45) is 82.7 Å². The predicted octanol–water partition coefficient (Wildman–Crippen LogP) is 2.61. The van der Waals surface area contributed by atoms with Crippen molar-refractivity contribution in [3.8, 4) is 0 Å². The van der Waals surface area contributed by atoms with Crippen molar-refractivity contribution in [2.45, 2.75) is 25.7 Å². The van der Waals surface area contributed by atoms with Crippen LogP contribution in [0.15, 0.2) is 0 Å². The van der Waals surface area contributed by atoms with Crippen LogP contribution in [0, 0.1) is 76.9 Å². The summed E-state index contributed by atoms with van der Waals surface area (Å²) in [6.07, 6.45) is 6.28. The molecule has 0 aromatic heterocycles. The molecule has 0 aromatic rings. The second kappa shape index (κ2) is 2.67. The molecule has 0 aliphatic heterocycles. The fourth-order valence-electron chi connectivity index (χ4n) is 9.48. The van der Waals surface area contributed by atoms with Crippen LogP contribution in [-0.2, 0) is 0 Å². The monoisotopic (exact) mass is 255 g/mol. The third-order valence-electron chi connectivity index (χ3n) is 9.67. The standard InChI is InChI=1S/C18H25N/c19-2-1-8-13-11-6-3-7(4-6)12(11)17(13)18-14(8)15-9-5-10(9)16(15)18/h6-18H,1-5,19H2/t6?,7?,8?,9?,10?,11?,12?,13?,14?,15?,16-,17?,18?/m0/s1. The summed E-state index contributed by atoms with van der Waals surface area (Å²) >= 11 is 0. The highest BCUT2D eigenvalue weighted by Gasteiger charge is 2.83. The molecule has 0 amide bonds. The number of fused-ring (bicyclic) bond motifs is 9. The molecule has 8 rings (SSSR count). The first-order valence-corrected chi connectivity index (χ1v) is 9.10. The van der Waals surface area contributed by atoms with Gasteiger partial charge in [0.05, 0.1) is 0 Å². The zero-order valence-electron chi connectivity index (χ0n) is 11.6. The van der Waals surface area contributed by atoms with Gasteiger partial charge in [-0.05, 0) is 109 Å². The molecule has 0 heterocycles. The second-order valence-electron chi connectivity index (χ2n) is 9.41. The number of rotatable bonds is 2. The van der Waals surface area contributed by atoms with Crippen LogP contribution < -0.4 is 5.73 Å². The van der Waals surface area contributed by atoms with E-state index < -0.39 is 0 Å². The normalized spacial score (nSPS) is 79.1. The first-order valence-electron chi connectivity index (χ1n) is 9.10. The number of hydrogen-bond acceptors (Lipinski definition) is 1. The van der Waals surface area contributed by atoms with Gasteiger partial charge < -0.3 is 5.73 Å². The van der Waals surface area contributed by atoms with Crippen LogP contribution in [0.2, 0.25) is 0 Å². The summed E-state index contributed by atoms with van der Waals surface area (Å²) in [7, 11) is 0. The molecule has 8 aliphatic carbocycles. The lowest BCUT2D eigenvalue weighted by Gasteiger charge is -2.61. The first-order chi connectivity index (χ1) is 9.40. The van der Waals surface area contributed by atoms with Crippen molar-refractivity contribution < 1.29 is 0 Å². The van der Waals surface area contributed by atoms with E-state index >= 15 is 0 Å². The number of hydrogen-bond donors (Lipinski definition) is 1. The molecule has 1 nitrogen and oxygen atoms in total. The van der Waals surface area contributed by atoms with Gasteiger partial charge in [0.2, 0.25) is 0 Å². The van der Waals surface area contributed by atoms with E-state index in [1.54, 1.807) is 19.3 Å². The van der Waals surface area contributed by atoms with Crippen molar-refractivity contribution in [3.63, 3.8) is 0 Å². The van der Waals surface area contributed by atoms with Gasteiger partial charge in [0, 0.05) is 0 Å². The third-order valence-corrected chi connectivity index (χ3v) is 9.67. The smallest absolute Gasteiger partial charge is 0.00744 e. The highest BCUT2D eigenvalue weighted by atomic mass is 14.9. The molecule has 2 N–H and O–H groups in total. The van der Waals surface area contributed by atoms with E-state index in [0.29, 0.717) is 0 Å². The van der Waals surface area contributed by atoms with Gasteiger partial charge in [0.15, 0.2) is 0 Å². The van der Waals surface area contributed by atoms with E-state index in [2.05, 4.69) is 0 Å². The van der Waals surface area contributed by atoms with Crippen LogP contribution in [-0.4, -0.2) is 6.54 Å². The highest BCUT2D eigenvalue weighted by molar-refractivity contribution is 5.30. The Morgan fingerprint density at radius 2 is 1.21 bits per heavy atom. The van der Waals surface area contributed by atoms with Crippen molar-refractivity contribution in [2.75, 3.05) is 6.54 Å². The van der Waals surface area contributed by atoms with Crippen LogP contribution in [0.25, 0.3) is 0 Å². The van der Waals surface area contributed by atoms with E-state index in [4.69, 9.17) is 5.73 Å². The topological polar surface area (TPSA) is 26.0 Å². The van der Waals surface area contributed by atoms with Crippen molar-refractivity contribution in [1.29, 1.82) is 0 Å². The Hall–Kier alpha value is -0.0400. The summed E-state index contributed by atoms with van der Waals surface area (Å²) in [6.45, 7) is 0.966. The minimum absolute atomic E-state index is 0.966. The molecule has 0 spiro atoms. The van der Waals surface area contributed by atoms with Crippen LogP contribution in [0.4, 0.5) is 0 Å². The maximum absolute atomic E-state index is 6.00. The molecule has 11 atom stereocenters. The third kappa shape index (κ3) is 0.772. The van der Waals surface area contributed by atoms with E-state index in [1.807, 2.05) is 0 Å². The second-order valence-corrected chi connectivity index (χ2v) is 9.41. The summed E-state index contributed by atoms with van der Waals surface area (Å²) in [4.78, 5) is 0. The first kappa shape index (κ1) is 9.82.